The number of rotatable bonds is 7. The van der Waals surface area contributed by atoms with Crippen LogP contribution in [0.2, 0.25) is 0 Å². The van der Waals surface area contributed by atoms with Gasteiger partial charge in [-0.05, 0) is 37.9 Å². The smallest absolute Gasteiger partial charge is 0.257 e. The van der Waals surface area contributed by atoms with Gasteiger partial charge >= 0.3 is 0 Å². The molecule has 1 aromatic rings. The highest BCUT2D eigenvalue weighted by Gasteiger charge is 2.27. The normalized spacial score (nSPS) is 18.0. The molecule has 1 unspecified atom stereocenters. The quantitative estimate of drug-likeness (QED) is 0.774. The zero-order valence-electron chi connectivity index (χ0n) is 12.6. The number of nitrogens with zero attached hydrogens (tertiary/aromatic N) is 1. The number of carbonyl (C=O) groups is 1. The van der Waals surface area contributed by atoms with Gasteiger partial charge in [-0.25, -0.2) is 0 Å². The number of likely N-dealkylation sites (tertiary alicyclic amines) is 1. The summed E-state index contributed by atoms with van der Waals surface area (Å²) in [6.45, 7) is 5.73. The number of carbonyl (C=O) groups excluding carboxylic acids is 1. The molecule has 2 N–H and O–H groups in total. The lowest BCUT2D eigenvalue weighted by atomic mass is 10.1. The molecule has 0 radical (unpaired) electrons. The van der Waals surface area contributed by atoms with E-state index in [0.29, 0.717) is 43.6 Å². The van der Waals surface area contributed by atoms with Crippen molar-refractivity contribution in [2.24, 2.45) is 11.7 Å². The molecule has 1 aliphatic heterocycles. The fourth-order valence-electron chi connectivity index (χ4n) is 2.50. The molecule has 0 saturated carbocycles. The van der Waals surface area contributed by atoms with Crippen molar-refractivity contribution in [3.05, 3.63) is 29.8 Å². The summed E-state index contributed by atoms with van der Waals surface area (Å²) >= 11 is 0. The third kappa shape index (κ3) is 4.19. The molecule has 21 heavy (non-hydrogen) atoms. The van der Waals surface area contributed by atoms with E-state index in [2.05, 4.69) is 0 Å². The monoisotopic (exact) mass is 292 g/mol. The van der Waals surface area contributed by atoms with E-state index in [-0.39, 0.29) is 5.91 Å². The largest absolute Gasteiger partial charge is 0.490 e. The maximum atomic E-state index is 12.6. The second-order valence-corrected chi connectivity index (χ2v) is 5.18. The first-order chi connectivity index (χ1) is 10.3. The number of hydrogen-bond acceptors (Lipinski definition) is 4. The van der Waals surface area contributed by atoms with Crippen LogP contribution >= 0.6 is 0 Å². The first-order valence-corrected chi connectivity index (χ1v) is 7.55. The van der Waals surface area contributed by atoms with Crippen LogP contribution in [0, 0.1) is 5.92 Å². The molecule has 5 nitrogen and oxygen atoms in total. The second-order valence-electron chi connectivity index (χ2n) is 5.18. The number of hydrogen-bond donors (Lipinski definition) is 1. The Morgan fingerprint density at radius 3 is 2.90 bits per heavy atom. The fraction of sp³-hybridized carbons (Fsp3) is 0.562. The predicted octanol–water partition coefficient (Wildman–Crippen LogP) is 1.52. The van der Waals surface area contributed by atoms with E-state index < -0.39 is 0 Å². The van der Waals surface area contributed by atoms with Crippen molar-refractivity contribution >= 4 is 5.91 Å². The summed E-state index contributed by atoms with van der Waals surface area (Å²) in [6.07, 6.45) is 0.982. The van der Waals surface area contributed by atoms with Gasteiger partial charge < -0.3 is 20.1 Å². The Balaban J connectivity index is 2.00. The molecule has 0 aromatic heterocycles. The van der Waals surface area contributed by atoms with Crippen molar-refractivity contribution in [3.8, 4) is 5.75 Å². The van der Waals surface area contributed by atoms with Gasteiger partial charge in [-0.2, -0.15) is 0 Å². The number of ether oxygens (including phenoxy) is 2. The van der Waals surface area contributed by atoms with Crippen molar-refractivity contribution in [1.82, 2.24) is 4.90 Å². The number of amides is 1. The average Bonchev–Trinajstić information content (AvgIpc) is 3.00. The summed E-state index contributed by atoms with van der Waals surface area (Å²) in [7, 11) is 0. The van der Waals surface area contributed by atoms with Crippen LogP contribution in [0.4, 0.5) is 0 Å². The van der Waals surface area contributed by atoms with Crippen LogP contribution in [0.25, 0.3) is 0 Å². The van der Waals surface area contributed by atoms with E-state index in [9.17, 15) is 4.79 Å². The molecule has 0 bridgehead atoms. The molecule has 1 fully saturated rings. The number of para-hydroxylation sites is 1. The molecule has 0 spiro atoms. The third-order valence-corrected chi connectivity index (χ3v) is 3.71. The Morgan fingerprint density at radius 1 is 1.38 bits per heavy atom. The average molecular weight is 292 g/mol. The molecule has 2 rings (SSSR count). The van der Waals surface area contributed by atoms with E-state index >= 15 is 0 Å². The summed E-state index contributed by atoms with van der Waals surface area (Å²) in [6, 6.07) is 7.38. The zero-order chi connectivity index (χ0) is 15.1. The van der Waals surface area contributed by atoms with Gasteiger partial charge in [-0.3, -0.25) is 4.79 Å². The van der Waals surface area contributed by atoms with Crippen LogP contribution in [0.15, 0.2) is 24.3 Å². The van der Waals surface area contributed by atoms with Gasteiger partial charge in [0.15, 0.2) is 0 Å². The highest BCUT2D eigenvalue weighted by molar-refractivity contribution is 5.97. The summed E-state index contributed by atoms with van der Waals surface area (Å²) in [5.41, 5.74) is 6.30. The third-order valence-electron chi connectivity index (χ3n) is 3.71. The van der Waals surface area contributed by atoms with Crippen LogP contribution < -0.4 is 10.5 Å². The van der Waals surface area contributed by atoms with E-state index in [4.69, 9.17) is 15.2 Å². The maximum Gasteiger partial charge on any atom is 0.257 e. The number of benzene rings is 1. The molecule has 5 heteroatoms. The zero-order valence-corrected chi connectivity index (χ0v) is 12.6. The molecule has 1 amide bonds. The molecular weight excluding hydrogens is 268 g/mol. The Hall–Kier alpha value is -1.59. The maximum absolute atomic E-state index is 12.6. The second kappa shape index (κ2) is 8.00. The van der Waals surface area contributed by atoms with Crippen LogP contribution in [-0.4, -0.2) is 50.3 Å². The lowest BCUT2D eigenvalue weighted by molar-refractivity contribution is 0.0776. The Kier molecular flexibility index (Phi) is 6.02. The molecule has 0 aliphatic carbocycles. The first kappa shape index (κ1) is 15.8. The van der Waals surface area contributed by atoms with E-state index in [1.54, 1.807) is 0 Å². The SMILES string of the molecule is CCOCCOc1ccccc1C(=O)N1CCC(CN)C1. The summed E-state index contributed by atoms with van der Waals surface area (Å²) in [4.78, 5) is 14.5. The Labute approximate surface area is 126 Å². The predicted molar refractivity (Wildman–Crippen MR) is 81.5 cm³/mol. The highest BCUT2D eigenvalue weighted by atomic mass is 16.5. The van der Waals surface area contributed by atoms with Gasteiger partial charge in [0.1, 0.15) is 12.4 Å². The van der Waals surface area contributed by atoms with E-state index in [0.717, 1.165) is 19.5 Å². The lowest BCUT2D eigenvalue weighted by Crippen LogP contribution is -2.30. The van der Waals surface area contributed by atoms with Gasteiger partial charge in [0.25, 0.3) is 5.91 Å². The summed E-state index contributed by atoms with van der Waals surface area (Å²) in [5, 5.41) is 0. The van der Waals surface area contributed by atoms with E-state index in [1.165, 1.54) is 0 Å². The first-order valence-electron chi connectivity index (χ1n) is 7.55. The summed E-state index contributed by atoms with van der Waals surface area (Å²) in [5.74, 6) is 1.07. The Bertz CT molecular complexity index is 465. The number of nitrogens with two attached hydrogens (primary N) is 1. The van der Waals surface area contributed by atoms with Crippen molar-refractivity contribution in [2.45, 2.75) is 13.3 Å². The molecule has 1 aliphatic rings. The van der Waals surface area contributed by atoms with Crippen LogP contribution in [-0.2, 0) is 4.74 Å². The van der Waals surface area contributed by atoms with Crippen molar-refractivity contribution in [2.75, 3.05) is 39.5 Å². The van der Waals surface area contributed by atoms with Crippen molar-refractivity contribution < 1.29 is 14.3 Å². The topological polar surface area (TPSA) is 64.8 Å². The van der Waals surface area contributed by atoms with Gasteiger partial charge in [-0.15, -0.1) is 0 Å². The van der Waals surface area contributed by atoms with Crippen LogP contribution in [0.5, 0.6) is 5.75 Å². The van der Waals surface area contributed by atoms with Gasteiger partial charge in [0, 0.05) is 19.7 Å². The molecule has 1 heterocycles. The minimum atomic E-state index is 0.0259. The Morgan fingerprint density at radius 2 is 2.19 bits per heavy atom. The van der Waals surface area contributed by atoms with Crippen LogP contribution in [0.1, 0.15) is 23.7 Å². The minimum Gasteiger partial charge on any atom is -0.490 e. The molecular formula is C16H24N2O3. The van der Waals surface area contributed by atoms with E-state index in [1.807, 2.05) is 36.1 Å². The molecule has 1 saturated heterocycles. The standard InChI is InChI=1S/C16H24N2O3/c1-2-20-9-10-21-15-6-4-3-5-14(15)16(19)18-8-7-13(11-17)12-18/h3-6,13H,2,7-12,17H2,1H3. The fourth-order valence-corrected chi connectivity index (χ4v) is 2.50. The minimum absolute atomic E-state index is 0.0259. The lowest BCUT2D eigenvalue weighted by Gasteiger charge is -2.18. The van der Waals surface area contributed by atoms with Crippen LogP contribution in [0.3, 0.4) is 0 Å². The molecule has 116 valence electrons. The van der Waals surface area contributed by atoms with Gasteiger partial charge in [-0.1, -0.05) is 12.1 Å². The molecule has 1 atom stereocenters. The van der Waals surface area contributed by atoms with Crippen molar-refractivity contribution in [3.63, 3.8) is 0 Å². The van der Waals surface area contributed by atoms with Crippen molar-refractivity contribution in [1.29, 1.82) is 0 Å². The molecule has 1 aromatic carbocycles. The van der Waals surface area contributed by atoms with Gasteiger partial charge in [0.2, 0.25) is 0 Å². The van der Waals surface area contributed by atoms with Gasteiger partial charge in [0.05, 0.1) is 12.2 Å². The summed E-state index contributed by atoms with van der Waals surface area (Å²) < 4.78 is 10.9. The highest BCUT2D eigenvalue weighted by Crippen LogP contribution is 2.23.